The molecule has 1 aromatic heterocycles. The summed E-state index contributed by atoms with van der Waals surface area (Å²) in [4.78, 5) is 0. The number of hydrogen-bond donors (Lipinski definition) is 1. The van der Waals surface area contributed by atoms with Crippen molar-refractivity contribution >= 4 is 23.1 Å². The van der Waals surface area contributed by atoms with E-state index in [1.54, 1.807) is 29.1 Å². The maximum Gasteiger partial charge on any atom is 0.416 e. The van der Waals surface area contributed by atoms with Gasteiger partial charge < -0.3 is 5.32 Å². The summed E-state index contributed by atoms with van der Waals surface area (Å²) in [5, 5.41) is 7.03. The lowest BCUT2D eigenvalue weighted by Crippen LogP contribution is -2.15. The lowest BCUT2D eigenvalue weighted by Gasteiger charge is -2.21. The van der Waals surface area contributed by atoms with E-state index in [9.17, 15) is 13.2 Å². The van der Waals surface area contributed by atoms with Crippen molar-refractivity contribution in [2.24, 2.45) is 0 Å². The molecule has 1 aromatic carbocycles. The van der Waals surface area contributed by atoms with Crippen LogP contribution in [0.15, 0.2) is 42.6 Å². The summed E-state index contributed by atoms with van der Waals surface area (Å²) < 4.78 is 39.7. The van der Waals surface area contributed by atoms with E-state index in [0.29, 0.717) is 17.1 Å². The highest BCUT2D eigenvalue weighted by molar-refractivity contribution is 6.21. The summed E-state index contributed by atoms with van der Waals surface area (Å²) in [7, 11) is 0. The van der Waals surface area contributed by atoms with Crippen LogP contribution in [0.25, 0.3) is 5.70 Å². The standard InChI is InChI=1S/C13H9ClF3N3/c14-11-7-10(19-12-4-5-18-20(11)12)8-2-1-3-9(6-8)13(15,16)17/h1-7,11,19H. The number of fused-ring (bicyclic) bond motifs is 1. The van der Waals surface area contributed by atoms with Crippen LogP contribution in [0.1, 0.15) is 16.6 Å². The van der Waals surface area contributed by atoms with E-state index in [4.69, 9.17) is 11.6 Å². The number of anilines is 1. The summed E-state index contributed by atoms with van der Waals surface area (Å²) in [5.74, 6) is 0.639. The monoisotopic (exact) mass is 299 g/mol. The first-order valence-corrected chi connectivity index (χ1v) is 6.23. The van der Waals surface area contributed by atoms with Gasteiger partial charge in [-0.1, -0.05) is 23.7 Å². The van der Waals surface area contributed by atoms with Gasteiger partial charge in [0.05, 0.1) is 11.8 Å². The molecule has 7 heteroatoms. The van der Waals surface area contributed by atoms with Gasteiger partial charge in [-0.2, -0.15) is 18.3 Å². The Labute approximate surface area is 117 Å². The molecule has 20 heavy (non-hydrogen) atoms. The predicted molar refractivity (Wildman–Crippen MR) is 70.2 cm³/mol. The molecule has 0 bridgehead atoms. The number of hydrogen-bond acceptors (Lipinski definition) is 2. The van der Waals surface area contributed by atoms with Crippen LogP contribution in [0.4, 0.5) is 19.0 Å². The van der Waals surface area contributed by atoms with Gasteiger partial charge in [-0.05, 0) is 23.8 Å². The van der Waals surface area contributed by atoms with Crippen LogP contribution in [0.2, 0.25) is 0 Å². The smallest absolute Gasteiger partial charge is 0.340 e. The van der Waals surface area contributed by atoms with Crippen molar-refractivity contribution in [1.29, 1.82) is 0 Å². The summed E-state index contributed by atoms with van der Waals surface area (Å²) in [6, 6.07) is 6.80. The second-order valence-corrected chi connectivity index (χ2v) is 4.76. The largest absolute Gasteiger partial charge is 0.416 e. The first-order valence-electron chi connectivity index (χ1n) is 5.79. The molecule has 2 aromatic rings. The van der Waals surface area contributed by atoms with Crippen LogP contribution < -0.4 is 5.32 Å². The van der Waals surface area contributed by atoms with Crippen molar-refractivity contribution in [3.8, 4) is 0 Å². The van der Waals surface area contributed by atoms with Crippen molar-refractivity contribution in [3.63, 3.8) is 0 Å². The molecular formula is C13H9ClF3N3. The molecule has 1 N–H and O–H groups in total. The fraction of sp³-hybridized carbons (Fsp3) is 0.154. The van der Waals surface area contributed by atoms with E-state index in [1.807, 2.05) is 0 Å². The second-order valence-electron chi connectivity index (χ2n) is 4.32. The minimum atomic E-state index is -4.37. The zero-order valence-electron chi connectivity index (χ0n) is 10.0. The Morgan fingerprint density at radius 2 is 2.05 bits per heavy atom. The summed E-state index contributed by atoms with van der Waals surface area (Å²) in [6.45, 7) is 0. The van der Waals surface area contributed by atoms with E-state index in [2.05, 4.69) is 10.4 Å². The van der Waals surface area contributed by atoms with Crippen LogP contribution in [0.5, 0.6) is 0 Å². The Hall–Kier alpha value is -1.95. The molecule has 1 unspecified atom stereocenters. The summed E-state index contributed by atoms with van der Waals surface area (Å²) in [5.41, 5.74) is -0.268. The SMILES string of the molecule is FC(F)(F)c1cccc(C2=CC(Cl)n3nccc3N2)c1. The van der Waals surface area contributed by atoms with Gasteiger partial charge in [0.1, 0.15) is 11.3 Å². The third kappa shape index (κ3) is 2.27. The van der Waals surface area contributed by atoms with E-state index in [-0.39, 0.29) is 0 Å². The Morgan fingerprint density at radius 1 is 1.25 bits per heavy atom. The normalized spacial score (nSPS) is 18.2. The summed E-state index contributed by atoms with van der Waals surface area (Å²) in [6.07, 6.45) is -1.18. The Kier molecular flexibility index (Phi) is 2.97. The molecule has 2 heterocycles. The van der Waals surface area contributed by atoms with Gasteiger partial charge in [-0.15, -0.1) is 0 Å². The van der Waals surface area contributed by atoms with Crippen molar-refractivity contribution in [1.82, 2.24) is 9.78 Å². The fourth-order valence-corrected chi connectivity index (χ4v) is 2.31. The Morgan fingerprint density at radius 3 is 2.80 bits per heavy atom. The van der Waals surface area contributed by atoms with Gasteiger partial charge in [0.25, 0.3) is 0 Å². The first kappa shape index (κ1) is 13.1. The van der Waals surface area contributed by atoms with Crippen LogP contribution in [-0.2, 0) is 6.18 Å². The summed E-state index contributed by atoms with van der Waals surface area (Å²) >= 11 is 6.12. The average molecular weight is 300 g/mol. The average Bonchev–Trinajstić information content (AvgIpc) is 2.87. The molecule has 1 atom stereocenters. The third-order valence-corrected chi connectivity index (χ3v) is 3.28. The zero-order valence-corrected chi connectivity index (χ0v) is 10.8. The highest BCUT2D eigenvalue weighted by Gasteiger charge is 2.31. The lowest BCUT2D eigenvalue weighted by atomic mass is 10.1. The van der Waals surface area contributed by atoms with E-state index < -0.39 is 17.2 Å². The molecule has 1 aliphatic heterocycles. The number of alkyl halides is 4. The maximum atomic E-state index is 12.7. The Bertz CT molecular complexity index is 675. The van der Waals surface area contributed by atoms with Gasteiger partial charge in [0.2, 0.25) is 0 Å². The molecule has 3 rings (SSSR count). The van der Waals surface area contributed by atoms with Crippen LogP contribution in [0, 0.1) is 0 Å². The molecule has 1 aliphatic rings. The molecular weight excluding hydrogens is 291 g/mol. The minimum absolute atomic E-state index is 0.429. The van der Waals surface area contributed by atoms with Crippen molar-refractivity contribution < 1.29 is 13.2 Å². The quantitative estimate of drug-likeness (QED) is 0.803. The topological polar surface area (TPSA) is 29.9 Å². The molecule has 0 aliphatic carbocycles. The van der Waals surface area contributed by atoms with E-state index in [0.717, 1.165) is 12.1 Å². The van der Waals surface area contributed by atoms with Gasteiger partial charge in [0.15, 0.2) is 0 Å². The van der Waals surface area contributed by atoms with Crippen LogP contribution >= 0.6 is 11.6 Å². The fourth-order valence-electron chi connectivity index (χ4n) is 2.03. The molecule has 0 spiro atoms. The van der Waals surface area contributed by atoms with Crippen LogP contribution in [0.3, 0.4) is 0 Å². The van der Waals surface area contributed by atoms with Gasteiger partial charge in [0, 0.05) is 11.8 Å². The number of halogens is 4. The molecule has 104 valence electrons. The number of benzene rings is 1. The number of aromatic nitrogens is 2. The van der Waals surface area contributed by atoms with Gasteiger partial charge in [-0.25, -0.2) is 4.68 Å². The molecule has 0 fully saturated rings. The van der Waals surface area contributed by atoms with Crippen LogP contribution in [-0.4, -0.2) is 9.78 Å². The van der Waals surface area contributed by atoms with Crippen molar-refractivity contribution in [2.45, 2.75) is 11.7 Å². The Balaban J connectivity index is 1.98. The van der Waals surface area contributed by atoms with E-state index in [1.165, 1.54) is 6.07 Å². The van der Waals surface area contributed by atoms with Crippen molar-refractivity contribution in [2.75, 3.05) is 5.32 Å². The molecule has 0 saturated carbocycles. The van der Waals surface area contributed by atoms with Gasteiger partial charge in [-0.3, -0.25) is 0 Å². The number of allylic oxidation sites excluding steroid dienone is 1. The highest BCUT2D eigenvalue weighted by atomic mass is 35.5. The van der Waals surface area contributed by atoms with E-state index >= 15 is 0 Å². The first-order chi connectivity index (χ1) is 9.45. The number of nitrogens with one attached hydrogen (secondary N) is 1. The number of nitrogens with zero attached hydrogens (tertiary/aromatic N) is 2. The second kappa shape index (κ2) is 4.56. The molecule has 0 radical (unpaired) electrons. The molecule has 3 nitrogen and oxygen atoms in total. The third-order valence-electron chi connectivity index (χ3n) is 2.97. The number of rotatable bonds is 1. The lowest BCUT2D eigenvalue weighted by molar-refractivity contribution is -0.137. The molecule has 0 amide bonds. The van der Waals surface area contributed by atoms with Crippen molar-refractivity contribution in [3.05, 3.63) is 53.7 Å². The molecule has 0 saturated heterocycles. The van der Waals surface area contributed by atoms with Gasteiger partial charge >= 0.3 is 6.18 Å². The maximum absolute atomic E-state index is 12.7. The highest BCUT2D eigenvalue weighted by Crippen LogP contribution is 2.34. The minimum Gasteiger partial charge on any atom is -0.340 e. The predicted octanol–water partition coefficient (Wildman–Crippen LogP) is 4.11. The zero-order chi connectivity index (χ0) is 14.3.